The van der Waals surface area contributed by atoms with Crippen LogP contribution in [0.3, 0.4) is 0 Å². The number of carbonyl (C=O) groups is 1. The molecular weight excluding hydrogens is 321 g/mol. The van der Waals surface area contributed by atoms with Crippen LogP contribution in [0.1, 0.15) is 13.8 Å². The molecule has 1 amide bonds. The van der Waals surface area contributed by atoms with Gasteiger partial charge in [0.1, 0.15) is 5.69 Å². The van der Waals surface area contributed by atoms with Crippen molar-refractivity contribution in [2.24, 2.45) is 5.92 Å². The summed E-state index contributed by atoms with van der Waals surface area (Å²) < 4.78 is 14.2. The van der Waals surface area contributed by atoms with Crippen molar-refractivity contribution in [1.29, 1.82) is 0 Å². The zero-order valence-electron chi connectivity index (χ0n) is 13.8. The highest BCUT2D eigenvalue weighted by atomic mass is 19.1. The van der Waals surface area contributed by atoms with Gasteiger partial charge in [-0.05, 0) is 18.2 Å². The van der Waals surface area contributed by atoms with Gasteiger partial charge in [0.05, 0.1) is 18.1 Å². The molecular formula is C18H16FN5O. The number of aromatic nitrogens is 4. The zero-order chi connectivity index (χ0) is 17.8. The van der Waals surface area contributed by atoms with E-state index in [1.165, 1.54) is 18.5 Å². The average molecular weight is 337 g/mol. The number of nitrogens with one attached hydrogen (secondary N) is 1. The van der Waals surface area contributed by atoms with Gasteiger partial charge in [-0.15, -0.1) is 0 Å². The van der Waals surface area contributed by atoms with Crippen LogP contribution in [0.15, 0.2) is 49.2 Å². The minimum atomic E-state index is -0.499. The summed E-state index contributed by atoms with van der Waals surface area (Å²) in [6.07, 6.45) is 7.27. The van der Waals surface area contributed by atoms with Crippen LogP contribution < -0.4 is 5.32 Å². The predicted molar refractivity (Wildman–Crippen MR) is 91.9 cm³/mol. The fourth-order valence-electron chi connectivity index (χ4n) is 2.19. The molecule has 0 unspecified atom stereocenters. The average Bonchev–Trinajstić information content (AvgIpc) is 2.63. The Kier molecular flexibility index (Phi) is 4.74. The molecule has 6 nitrogen and oxygen atoms in total. The molecule has 0 atom stereocenters. The molecule has 0 spiro atoms. The fourth-order valence-corrected chi connectivity index (χ4v) is 2.19. The van der Waals surface area contributed by atoms with E-state index in [0.29, 0.717) is 22.8 Å². The third-order valence-electron chi connectivity index (χ3n) is 3.51. The number of hydrogen-bond donors (Lipinski definition) is 1. The molecule has 0 radical (unpaired) electrons. The van der Waals surface area contributed by atoms with E-state index < -0.39 is 5.82 Å². The number of rotatable bonds is 4. The van der Waals surface area contributed by atoms with Crippen LogP contribution in [-0.4, -0.2) is 25.8 Å². The van der Waals surface area contributed by atoms with E-state index >= 15 is 0 Å². The summed E-state index contributed by atoms with van der Waals surface area (Å²) in [6, 6.07) is 5.09. The topological polar surface area (TPSA) is 80.7 Å². The molecule has 0 aliphatic carbocycles. The van der Waals surface area contributed by atoms with E-state index in [-0.39, 0.29) is 17.4 Å². The van der Waals surface area contributed by atoms with E-state index in [2.05, 4.69) is 25.3 Å². The summed E-state index contributed by atoms with van der Waals surface area (Å²) in [6.45, 7) is 3.57. The second kappa shape index (κ2) is 7.12. The molecule has 0 aliphatic rings. The van der Waals surface area contributed by atoms with Crippen molar-refractivity contribution in [1.82, 2.24) is 19.9 Å². The van der Waals surface area contributed by atoms with E-state index in [1.54, 1.807) is 38.4 Å². The first-order valence-corrected chi connectivity index (χ1v) is 7.74. The van der Waals surface area contributed by atoms with Gasteiger partial charge in [0.15, 0.2) is 11.6 Å². The zero-order valence-corrected chi connectivity index (χ0v) is 13.8. The summed E-state index contributed by atoms with van der Waals surface area (Å²) in [4.78, 5) is 28.5. The summed E-state index contributed by atoms with van der Waals surface area (Å²) in [5.74, 6) is -0.563. The molecule has 126 valence electrons. The fraction of sp³-hybridized carbons (Fsp3) is 0.167. The number of hydrogen-bond acceptors (Lipinski definition) is 5. The Morgan fingerprint density at radius 2 is 1.88 bits per heavy atom. The maximum Gasteiger partial charge on any atom is 0.228 e. The second-order valence-electron chi connectivity index (χ2n) is 5.69. The van der Waals surface area contributed by atoms with Gasteiger partial charge >= 0.3 is 0 Å². The van der Waals surface area contributed by atoms with E-state index in [4.69, 9.17) is 0 Å². The van der Waals surface area contributed by atoms with Crippen LogP contribution in [0.2, 0.25) is 0 Å². The van der Waals surface area contributed by atoms with Gasteiger partial charge in [-0.25, -0.2) is 14.4 Å². The number of pyridine rings is 2. The molecule has 3 aromatic rings. The second-order valence-corrected chi connectivity index (χ2v) is 5.69. The molecule has 0 fully saturated rings. The van der Waals surface area contributed by atoms with Gasteiger partial charge < -0.3 is 5.32 Å². The van der Waals surface area contributed by atoms with E-state index in [0.717, 1.165) is 6.20 Å². The highest BCUT2D eigenvalue weighted by molar-refractivity contribution is 5.91. The molecule has 0 bridgehead atoms. The summed E-state index contributed by atoms with van der Waals surface area (Å²) in [5, 5.41) is 2.71. The minimum absolute atomic E-state index is 0.172. The van der Waals surface area contributed by atoms with Crippen LogP contribution in [0.4, 0.5) is 10.2 Å². The maximum atomic E-state index is 14.2. The molecule has 25 heavy (non-hydrogen) atoms. The molecule has 7 heteroatoms. The first-order chi connectivity index (χ1) is 12.1. The van der Waals surface area contributed by atoms with Gasteiger partial charge in [-0.1, -0.05) is 13.8 Å². The third kappa shape index (κ3) is 3.65. The largest absolute Gasteiger partial charge is 0.309 e. The van der Waals surface area contributed by atoms with Crippen LogP contribution in [-0.2, 0) is 4.79 Å². The normalized spacial score (nSPS) is 10.7. The lowest BCUT2D eigenvalue weighted by Crippen LogP contribution is -2.19. The van der Waals surface area contributed by atoms with Crippen LogP contribution >= 0.6 is 0 Å². The van der Waals surface area contributed by atoms with E-state index in [9.17, 15) is 9.18 Å². The lowest BCUT2D eigenvalue weighted by atomic mass is 10.1. The van der Waals surface area contributed by atoms with Gasteiger partial charge in [-0.2, -0.15) is 0 Å². The SMILES string of the molecule is CC(C)C(=O)Nc1cnc(-c2ccncc2F)c(-c2cccnc2)n1. The Labute approximate surface area is 144 Å². The molecule has 0 saturated carbocycles. The van der Waals surface area contributed by atoms with Crippen molar-refractivity contribution in [3.05, 3.63) is 55.0 Å². The Balaban J connectivity index is 2.12. The first-order valence-electron chi connectivity index (χ1n) is 7.74. The number of nitrogens with zero attached hydrogens (tertiary/aromatic N) is 4. The number of halogens is 1. The molecule has 1 N–H and O–H groups in total. The molecule has 3 aromatic heterocycles. The van der Waals surface area contributed by atoms with Crippen LogP contribution in [0.25, 0.3) is 22.5 Å². The molecule has 0 aliphatic heterocycles. The summed E-state index contributed by atoms with van der Waals surface area (Å²) in [5.41, 5.74) is 1.74. The molecule has 3 rings (SSSR count). The van der Waals surface area contributed by atoms with Crippen molar-refractivity contribution < 1.29 is 9.18 Å². The predicted octanol–water partition coefficient (Wildman–Crippen LogP) is 3.33. The lowest BCUT2D eigenvalue weighted by molar-refractivity contribution is -0.118. The standard InChI is InChI=1S/C18H16FN5O/c1-11(2)18(25)24-15-10-22-17(13-5-7-21-9-14(13)19)16(23-15)12-4-3-6-20-8-12/h3-11H,1-2H3,(H,23,24,25). The van der Waals surface area contributed by atoms with E-state index in [1.807, 2.05) is 0 Å². The number of carbonyl (C=O) groups excluding carboxylic acids is 1. The molecule has 0 aromatic carbocycles. The van der Waals surface area contributed by atoms with Gasteiger partial charge in [0.2, 0.25) is 5.91 Å². The number of anilines is 1. The quantitative estimate of drug-likeness (QED) is 0.790. The molecule has 0 saturated heterocycles. The summed E-state index contributed by atoms with van der Waals surface area (Å²) >= 11 is 0. The number of amides is 1. The Morgan fingerprint density at radius 1 is 1.08 bits per heavy atom. The summed E-state index contributed by atoms with van der Waals surface area (Å²) in [7, 11) is 0. The Morgan fingerprint density at radius 3 is 2.56 bits per heavy atom. The maximum absolute atomic E-state index is 14.2. The first kappa shape index (κ1) is 16.6. The third-order valence-corrected chi connectivity index (χ3v) is 3.51. The smallest absolute Gasteiger partial charge is 0.228 e. The monoisotopic (exact) mass is 337 g/mol. The van der Waals surface area contributed by atoms with Gasteiger partial charge in [0.25, 0.3) is 0 Å². The van der Waals surface area contributed by atoms with Crippen LogP contribution in [0.5, 0.6) is 0 Å². The minimum Gasteiger partial charge on any atom is -0.309 e. The van der Waals surface area contributed by atoms with Crippen molar-refractivity contribution >= 4 is 11.7 Å². The van der Waals surface area contributed by atoms with Crippen molar-refractivity contribution in [3.63, 3.8) is 0 Å². The van der Waals surface area contributed by atoms with Gasteiger partial charge in [-0.3, -0.25) is 14.8 Å². The van der Waals surface area contributed by atoms with Crippen molar-refractivity contribution in [2.45, 2.75) is 13.8 Å². The Bertz CT molecular complexity index is 899. The Hall–Kier alpha value is -3.22. The lowest BCUT2D eigenvalue weighted by Gasteiger charge is -2.12. The highest BCUT2D eigenvalue weighted by Gasteiger charge is 2.17. The van der Waals surface area contributed by atoms with Crippen molar-refractivity contribution in [3.8, 4) is 22.5 Å². The van der Waals surface area contributed by atoms with Crippen LogP contribution in [0, 0.1) is 11.7 Å². The highest BCUT2D eigenvalue weighted by Crippen LogP contribution is 2.30. The van der Waals surface area contributed by atoms with Gasteiger partial charge in [0, 0.05) is 35.6 Å². The molecule has 3 heterocycles. The van der Waals surface area contributed by atoms with Crippen molar-refractivity contribution in [2.75, 3.05) is 5.32 Å².